The SMILES string of the molecule is CCCC(C)(N)C(=O)N1CCN(CC(=O)Nc2c(C)cccc2C)CC1. The number of hydrogen-bond acceptors (Lipinski definition) is 4. The third-order valence-corrected chi connectivity index (χ3v) is 5.03. The molecule has 1 saturated heterocycles. The van der Waals surface area contributed by atoms with Crippen LogP contribution in [0.2, 0.25) is 0 Å². The van der Waals surface area contributed by atoms with Crippen LogP contribution in [0, 0.1) is 13.8 Å². The van der Waals surface area contributed by atoms with Gasteiger partial charge in [0.15, 0.2) is 0 Å². The fourth-order valence-corrected chi connectivity index (χ4v) is 3.49. The minimum absolute atomic E-state index is 0.0130. The van der Waals surface area contributed by atoms with Crippen LogP contribution in [0.1, 0.15) is 37.8 Å². The van der Waals surface area contributed by atoms with Crippen LogP contribution in [0.5, 0.6) is 0 Å². The molecule has 0 spiro atoms. The number of aryl methyl sites for hydroxylation is 2. The molecule has 1 aromatic rings. The van der Waals surface area contributed by atoms with Gasteiger partial charge in [0.1, 0.15) is 0 Å². The molecule has 0 aliphatic carbocycles. The first kappa shape index (κ1) is 20.4. The van der Waals surface area contributed by atoms with Gasteiger partial charge >= 0.3 is 0 Å². The van der Waals surface area contributed by atoms with E-state index >= 15 is 0 Å². The van der Waals surface area contributed by atoms with Gasteiger partial charge in [-0.25, -0.2) is 0 Å². The normalized spacial score (nSPS) is 17.7. The molecule has 144 valence electrons. The molecule has 1 atom stereocenters. The minimum Gasteiger partial charge on any atom is -0.339 e. The van der Waals surface area contributed by atoms with Crippen LogP contribution in [-0.2, 0) is 9.59 Å². The second-order valence-corrected chi connectivity index (χ2v) is 7.55. The molecule has 0 radical (unpaired) electrons. The van der Waals surface area contributed by atoms with Crippen molar-refractivity contribution in [1.29, 1.82) is 0 Å². The number of para-hydroxylation sites is 1. The number of nitrogens with one attached hydrogen (secondary N) is 1. The van der Waals surface area contributed by atoms with Crippen molar-refractivity contribution in [3.05, 3.63) is 29.3 Å². The van der Waals surface area contributed by atoms with Crippen molar-refractivity contribution in [3.8, 4) is 0 Å². The van der Waals surface area contributed by atoms with E-state index in [0.29, 0.717) is 39.1 Å². The summed E-state index contributed by atoms with van der Waals surface area (Å²) in [4.78, 5) is 28.9. The molecule has 1 unspecified atom stereocenters. The third-order valence-electron chi connectivity index (χ3n) is 5.03. The maximum absolute atomic E-state index is 12.6. The van der Waals surface area contributed by atoms with Gasteiger partial charge in [-0.15, -0.1) is 0 Å². The molecule has 2 rings (SSSR count). The monoisotopic (exact) mass is 360 g/mol. The van der Waals surface area contributed by atoms with E-state index in [2.05, 4.69) is 10.2 Å². The van der Waals surface area contributed by atoms with Crippen LogP contribution < -0.4 is 11.1 Å². The number of piperazine rings is 1. The topological polar surface area (TPSA) is 78.7 Å². The predicted molar refractivity (Wildman–Crippen MR) is 105 cm³/mol. The average molecular weight is 361 g/mol. The Morgan fingerprint density at radius 3 is 2.27 bits per heavy atom. The fourth-order valence-electron chi connectivity index (χ4n) is 3.49. The second kappa shape index (κ2) is 8.64. The number of amides is 2. The zero-order valence-corrected chi connectivity index (χ0v) is 16.5. The Bertz CT molecular complexity index is 629. The van der Waals surface area contributed by atoms with Crippen LogP contribution in [0.15, 0.2) is 18.2 Å². The molecular weight excluding hydrogens is 328 g/mol. The highest BCUT2D eigenvalue weighted by Gasteiger charge is 2.33. The first-order chi connectivity index (χ1) is 12.2. The Labute approximate surface area is 156 Å². The number of rotatable bonds is 6. The largest absolute Gasteiger partial charge is 0.339 e. The Morgan fingerprint density at radius 2 is 1.73 bits per heavy atom. The smallest absolute Gasteiger partial charge is 0.242 e. The van der Waals surface area contributed by atoms with E-state index in [4.69, 9.17) is 5.73 Å². The summed E-state index contributed by atoms with van der Waals surface area (Å²) in [5.74, 6) is -0.00388. The molecule has 1 aliphatic rings. The van der Waals surface area contributed by atoms with Gasteiger partial charge in [0, 0.05) is 31.9 Å². The van der Waals surface area contributed by atoms with E-state index in [-0.39, 0.29) is 11.8 Å². The van der Waals surface area contributed by atoms with Crippen molar-refractivity contribution in [3.63, 3.8) is 0 Å². The van der Waals surface area contributed by atoms with Gasteiger partial charge in [-0.2, -0.15) is 0 Å². The summed E-state index contributed by atoms with van der Waals surface area (Å²) in [6.07, 6.45) is 1.57. The van der Waals surface area contributed by atoms with Crippen molar-refractivity contribution >= 4 is 17.5 Å². The summed E-state index contributed by atoms with van der Waals surface area (Å²) in [6.45, 7) is 10.8. The average Bonchev–Trinajstić information content (AvgIpc) is 2.58. The molecule has 26 heavy (non-hydrogen) atoms. The van der Waals surface area contributed by atoms with Gasteiger partial charge in [-0.1, -0.05) is 31.5 Å². The molecule has 3 N–H and O–H groups in total. The second-order valence-electron chi connectivity index (χ2n) is 7.55. The maximum Gasteiger partial charge on any atom is 0.242 e. The summed E-state index contributed by atoms with van der Waals surface area (Å²) in [5.41, 5.74) is 8.38. The Kier molecular flexibility index (Phi) is 6.78. The van der Waals surface area contributed by atoms with E-state index in [1.807, 2.05) is 50.8 Å². The Balaban J connectivity index is 1.85. The Morgan fingerprint density at radius 1 is 1.15 bits per heavy atom. The van der Waals surface area contributed by atoms with E-state index < -0.39 is 5.54 Å². The quantitative estimate of drug-likeness (QED) is 0.812. The number of anilines is 1. The van der Waals surface area contributed by atoms with E-state index in [9.17, 15) is 9.59 Å². The van der Waals surface area contributed by atoms with E-state index in [1.165, 1.54) is 0 Å². The Hall–Kier alpha value is -1.92. The number of carbonyl (C=O) groups is 2. The molecule has 1 fully saturated rings. The molecule has 2 amide bonds. The lowest BCUT2D eigenvalue weighted by molar-refractivity contribution is -0.138. The zero-order chi connectivity index (χ0) is 19.3. The van der Waals surface area contributed by atoms with Gasteiger partial charge in [0.05, 0.1) is 12.1 Å². The summed E-state index contributed by atoms with van der Waals surface area (Å²) in [6, 6.07) is 5.97. The van der Waals surface area contributed by atoms with Gasteiger partial charge in [0.25, 0.3) is 0 Å². The van der Waals surface area contributed by atoms with Gasteiger partial charge in [0.2, 0.25) is 11.8 Å². The predicted octanol–water partition coefficient (Wildman–Crippen LogP) is 1.90. The van der Waals surface area contributed by atoms with Crippen LogP contribution >= 0.6 is 0 Å². The van der Waals surface area contributed by atoms with Gasteiger partial charge in [-0.05, 0) is 38.3 Å². The number of hydrogen-bond donors (Lipinski definition) is 2. The van der Waals surface area contributed by atoms with Gasteiger partial charge in [-0.3, -0.25) is 14.5 Å². The van der Waals surface area contributed by atoms with E-state index in [1.54, 1.807) is 0 Å². The summed E-state index contributed by atoms with van der Waals surface area (Å²) < 4.78 is 0. The van der Waals surface area contributed by atoms with Crippen LogP contribution in [0.4, 0.5) is 5.69 Å². The van der Waals surface area contributed by atoms with Crippen molar-refractivity contribution in [2.75, 3.05) is 38.0 Å². The highest BCUT2D eigenvalue weighted by molar-refractivity contribution is 5.93. The lowest BCUT2D eigenvalue weighted by Gasteiger charge is -2.38. The van der Waals surface area contributed by atoms with Crippen molar-refractivity contribution < 1.29 is 9.59 Å². The molecule has 1 heterocycles. The molecule has 0 saturated carbocycles. The van der Waals surface area contributed by atoms with Crippen molar-refractivity contribution in [2.24, 2.45) is 5.73 Å². The molecule has 6 heteroatoms. The number of carbonyl (C=O) groups excluding carboxylic acids is 2. The molecule has 1 aromatic carbocycles. The maximum atomic E-state index is 12.6. The summed E-state index contributed by atoms with van der Waals surface area (Å²) >= 11 is 0. The summed E-state index contributed by atoms with van der Waals surface area (Å²) in [7, 11) is 0. The lowest BCUT2D eigenvalue weighted by atomic mass is 9.95. The third kappa shape index (κ3) is 5.05. The van der Waals surface area contributed by atoms with Crippen LogP contribution in [0.25, 0.3) is 0 Å². The van der Waals surface area contributed by atoms with Crippen LogP contribution in [0.3, 0.4) is 0 Å². The number of nitrogens with zero attached hydrogens (tertiary/aromatic N) is 2. The molecule has 0 aromatic heterocycles. The number of benzene rings is 1. The molecular formula is C20H32N4O2. The fraction of sp³-hybridized carbons (Fsp3) is 0.600. The van der Waals surface area contributed by atoms with Crippen molar-refractivity contribution in [2.45, 2.75) is 46.1 Å². The molecule has 0 bridgehead atoms. The van der Waals surface area contributed by atoms with E-state index in [0.717, 1.165) is 23.2 Å². The summed E-state index contributed by atoms with van der Waals surface area (Å²) in [5, 5.41) is 3.02. The first-order valence-electron chi connectivity index (χ1n) is 9.41. The van der Waals surface area contributed by atoms with Crippen LogP contribution in [-0.4, -0.2) is 59.9 Å². The zero-order valence-electron chi connectivity index (χ0n) is 16.5. The molecule has 6 nitrogen and oxygen atoms in total. The standard InChI is InChI=1S/C20H32N4O2/c1-5-9-20(4,21)19(26)24-12-10-23(11-13-24)14-17(25)22-18-15(2)7-6-8-16(18)3/h6-8H,5,9-14,21H2,1-4H3,(H,22,25). The highest BCUT2D eigenvalue weighted by Crippen LogP contribution is 2.19. The van der Waals surface area contributed by atoms with Crippen molar-refractivity contribution in [1.82, 2.24) is 9.80 Å². The minimum atomic E-state index is -0.795. The molecule has 1 aliphatic heterocycles. The first-order valence-corrected chi connectivity index (χ1v) is 9.41. The highest BCUT2D eigenvalue weighted by atomic mass is 16.2. The lowest BCUT2D eigenvalue weighted by Crippen LogP contribution is -2.58. The van der Waals surface area contributed by atoms with Gasteiger partial charge < -0.3 is 16.0 Å². The number of nitrogens with two attached hydrogens (primary N) is 1.